The van der Waals surface area contributed by atoms with Gasteiger partial charge in [-0.3, -0.25) is 0 Å². The second-order valence-electron chi connectivity index (χ2n) is 3.89. The van der Waals surface area contributed by atoms with Gasteiger partial charge in [-0.1, -0.05) is 23.7 Å². The molecule has 0 saturated carbocycles. The van der Waals surface area contributed by atoms with Crippen molar-refractivity contribution in [2.24, 2.45) is 0 Å². The lowest BCUT2D eigenvalue weighted by Crippen LogP contribution is -2.19. The number of hydrogen-bond donors (Lipinski definition) is 1. The van der Waals surface area contributed by atoms with Gasteiger partial charge < -0.3 is 5.32 Å². The van der Waals surface area contributed by atoms with E-state index in [1.165, 1.54) is 4.88 Å². The molecule has 1 heterocycles. The summed E-state index contributed by atoms with van der Waals surface area (Å²) in [7, 11) is 1.83. The Labute approximate surface area is 123 Å². The zero-order valence-corrected chi connectivity index (χ0v) is 12.9. The Hall–Kier alpha value is -0.420. The molecule has 0 spiro atoms. The molecule has 5 heteroatoms. The summed E-state index contributed by atoms with van der Waals surface area (Å²) in [6.07, 6.45) is 0.753. The lowest BCUT2D eigenvalue weighted by atomic mass is 10.0. The normalized spacial score (nSPS) is 12.7. The summed E-state index contributed by atoms with van der Waals surface area (Å²) in [5, 5.41) is 5.30. The van der Waals surface area contributed by atoms with Gasteiger partial charge in [0.05, 0.1) is 5.02 Å². The third-order valence-electron chi connectivity index (χ3n) is 2.77. The molecule has 1 N–H and O–H groups in total. The van der Waals surface area contributed by atoms with Crippen LogP contribution in [0.2, 0.25) is 5.02 Å². The monoisotopic (exact) mass is 347 g/mol. The van der Waals surface area contributed by atoms with E-state index in [1.54, 1.807) is 23.5 Å². The summed E-state index contributed by atoms with van der Waals surface area (Å²) in [6, 6.07) is 7.51. The van der Waals surface area contributed by atoms with Gasteiger partial charge in [0, 0.05) is 27.4 Å². The molecule has 18 heavy (non-hydrogen) atoms. The van der Waals surface area contributed by atoms with Crippen molar-refractivity contribution < 1.29 is 4.39 Å². The third-order valence-corrected chi connectivity index (χ3v) is 4.93. The summed E-state index contributed by atoms with van der Waals surface area (Å²) < 4.78 is 14.7. The number of thiophene rings is 1. The highest BCUT2D eigenvalue weighted by Crippen LogP contribution is 2.31. The van der Waals surface area contributed by atoms with E-state index in [9.17, 15) is 4.39 Å². The molecule has 0 aliphatic heterocycles. The van der Waals surface area contributed by atoms with Crippen LogP contribution in [-0.4, -0.2) is 7.05 Å². The fraction of sp³-hybridized carbons (Fsp3) is 0.231. The van der Waals surface area contributed by atoms with Gasteiger partial charge in [-0.2, -0.15) is 0 Å². The maximum atomic E-state index is 14.1. The van der Waals surface area contributed by atoms with Crippen molar-refractivity contribution in [3.8, 4) is 0 Å². The van der Waals surface area contributed by atoms with Crippen LogP contribution in [0, 0.1) is 5.82 Å². The minimum atomic E-state index is -0.359. The molecular weight excluding hydrogens is 337 g/mol. The number of hydrogen-bond acceptors (Lipinski definition) is 2. The average molecular weight is 349 g/mol. The van der Waals surface area contributed by atoms with Gasteiger partial charge in [0.2, 0.25) is 0 Å². The van der Waals surface area contributed by atoms with E-state index >= 15 is 0 Å². The van der Waals surface area contributed by atoms with Crippen molar-refractivity contribution in [3.63, 3.8) is 0 Å². The minimum Gasteiger partial charge on any atom is -0.313 e. The van der Waals surface area contributed by atoms with Crippen LogP contribution in [0.5, 0.6) is 0 Å². The van der Waals surface area contributed by atoms with Gasteiger partial charge in [0.15, 0.2) is 0 Å². The van der Waals surface area contributed by atoms with E-state index in [4.69, 9.17) is 11.6 Å². The molecule has 0 fully saturated rings. The fourth-order valence-electron chi connectivity index (χ4n) is 1.81. The van der Waals surface area contributed by atoms with Gasteiger partial charge in [-0.15, -0.1) is 11.3 Å². The molecule has 96 valence electrons. The van der Waals surface area contributed by atoms with Crippen molar-refractivity contribution >= 4 is 38.9 Å². The molecule has 0 bridgehead atoms. The Morgan fingerprint density at radius 2 is 2.22 bits per heavy atom. The van der Waals surface area contributed by atoms with Gasteiger partial charge in [0.25, 0.3) is 0 Å². The molecule has 1 aromatic carbocycles. The number of halogens is 3. The summed E-state index contributed by atoms with van der Waals surface area (Å²) >= 11 is 10.8. The van der Waals surface area contributed by atoms with Crippen LogP contribution >= 0.6 is 38.9 Å². The molecule has 1 unspecified atom stereocenters. The Morgan fingerprint density at radius 3 is 2.83 bits per heavy atom. The van der Waals surface area contributed by atoms with E-state index in [0.29, 0.717) is 10.0 Å². The van der Waals surface area contributed by atoms with E-state index in [-0.39, 0.29) is 16.9 Å². The molecule has 2 rings (SSSR count). The Bertz CT molecular complexity index is 530. The van der Waals surface area contributed by atoms with Crippen LogP contribution in [0.3, 0.4) is 0 Å². The molecule has 0 amide bonds. The smallest absolute Gasteiger partial charge is 0.147 e. The van der Waals surface area contributed by atoms with E-state index in [2.05, 4.69) is 21.2 Å². The maximum Gasteiger partial charge on any atom is 0.147 e. The number of likely N-dealkylation sites (N-methyl/N-ethyl adjacent to an activating group) is 1. The average Bonchev–Trinajstić information content (AvgIpc) is 2.87. The standard InChI is InChI=1S/C13H12BrClFNS/c1-17-11(7-8-3-2-6-18-8)9-4-5-10(14)12(15)13(9)16/h2-6,11,17H,7H2,1H3. The van der Waals surface area contributed by atoms with E-state index in [1.807, 2.05) is 24.6 Å². The van der Waals surface area contributed by atoms with Crippen molar-refractivity contribution in [1.29, 1.82) is 0 Å². The van der Waals surface area contributed by atoms with E-state index in [0.717, 1.165) is 6.42 Å². The van der Waals surface area contributed by atoms with Crippen molar-refractivity contribution in [2.45, 2.75) is 12.5 Å². The SMILES string of the molecule is CNC(Cc1cccs1)c1ccc(Br)c(Cl)c1F. The molecular formula is C13H12BrClFNS. The predicted octanol–water partition coefficient (Wildman–Crippen LogP) is 4.81. The summed E-state index contributed by atoms with van der Waals surface area (Å²) in [4.78, 5) is 1.22. The van der Waals surface area contributed by atoms with Gasteiger partial charge >= 0.3 is 0 Å². The van der Waals surface area contributed by atoms with Crippen LogP contribution in [0.25, 0.3) is 0 Å². The quantitative estimate of drug-likeness (QED) is 0.782. The summed E-state index contributed by atoms with van der Waals surface area (Å²) in [5.41, 5.74) is 0.596. The number of benzene rings is 1. The highest BCUT2D eigenvalue weighted by molar-refractivity contribution is 9.10. The molecule has 0 radical (unpaired) electrons. The predicted molar refractivity (Wildman–Crippen MR) is 78.9 cm³/mol. The first kappa shape index (κ1) is 14.0. The molecule has 1 atom stereocenters. The van der Waals surface area contributed by atoms with Gasteiger partial charge in [0.1, 0.15) is 5.82 Å². The van der Waals surface area contributed by atoms with Crippen LogP contribution in [-0.2, 0) is 6.42 Å². The van der Waals surface area contributed by atoms with Crippen LogP contribution in [0.1, 0.15) is 16.5 Å². The molecule has 1 nitrogen and oxygen atoms in total. The first-order chi connectivity index (χ1) is 8.63. The van der Waals surface area contributed by atoms with Crippen LogP contribution < -0.4 is 5.32 Å². The molecule has 1 aromatic heterocycles. The number of nitrogens with one attached hydrogen (secondary N) is 1. The largest absolute Gasteiger partial charge is 0.313 e. The Kier molecular flexibility index (Phi) is 4.78. The van der Waals surface area contributed by atoms with Crippen molar-refractivity contribution in [1.82, 2.24) is 5.32 Å². The molecule has 2 aromatic rings. The molecule has 0 aliphatic carbocycles. The molecule has 0 saturated heterocycles. The zero-order valence-electron chi connectivity index (χ0n) is 9.71. The van der Waals surface area contributed by atoms with Gasteiger partial charge in [-0.25, -0.2) is 4.39 Å². The topological polar surface area (TPSA) is 12.0 Å². The van der Waals surface area contributed by atoms with Crippen molar-refractivity contribution in [2.75, 3.05) is 7.05 Å². The van der Waals surface area contributed by atoms with Crippen LogP contribution in [0.4, 0.5) is 4.39 Å². The second kappa shape index (κ2) is 6.15. The highest BCUT2D eigenvalue weighted by Gasteiger charge is 2.18. The fourth-order valence-corrected chi connectivity index (χ4v) is 3.04. The summed E-state index contributed by atoms with van der Waals surface area (Å²) in [6.45, 7) is 0. The zero-order chi connectivity index (χ0) is 13.1. The Balaban J connectivity index is 2.30. The summed E-state index contributed by atoms with van der Waals surface area (Å²) in [5.74, 6) is -0.359. The first-order valence-corrected chi connectivity index (χ1v) is 7.51. The van der Waals surface area contributed by atoms with Gasteiger partial charge in [-0.05, 0) is 40.5 Å². The first-order valence-electron chi connectivity index (χ1n) is 5.46. The Morgan fingerprint density at radius 1 is 1.44 bits per heavy atom. The number of rotatable bonds is 4. The molecule has 0 aliphatic rings. The lowest BCUT2D eigenvalue weighted by molar-refractivity contribution is 0.536. The van der Waals surface area contributed by atoms with Crippen molar-refractivity contribution in [3.05, 3.63) is 55.4 Å². The highest BCUT2D eigenvalue weighted by atomic mass is 79.9. The van der Waals surface area contributed by atoms with E-state index < -0.39 is 0 Å². The third kappa shape index (κ3) is 2.94. The minimum absolute atomic E-state index is 0.0748. The maximum absolute atomic E-state index is 14.1. The lowest BCUT2D eigenvalue weighted by Gasteiger charge is -2.17. The van der Waals surface area contributed by atoms with Crippen LogP contribution in [0.15, 0.2) is 34.1 Å². The second-order valence-corrected chi connectivity index (χ2v) is 6.15.